The van der Waals surface area contributed by atoms with Gasteiger partial charge >= 0.3 is 0 Å². The number of rotatable bonds is 9. The van der Waals surface area contributed by atoms with E-state index in [1.807, 2.05) is 13.0 Å². The van der Waals surface area contributed by atoms with Crippen LogP contribution in [0.2, 0.25) is 0 Å². The van der Waals surface area contributed by atoms with E-state index >= 15 is 0 Å². The van der Waals surface area contributed by atoms with E-state index in [9.17, 15) is 14.7 Å². The molecule has 0 heterocycles. The van der Waals surface area contributed by atoms with Crippen molar-refractivity contribution in [1.29, 1.82) is 0 Å². The molecule has 1 rings (SSSR count). The number of carbonyl (C=O) groups excluding carboxylic acids is 2. The summed E-state index contributed by atoms with van der Waals surface area (Å²) in [6.07, 6.45) is 9.21. The Morgan fingerprint density at radius 2 is 1.52 bits per heavy atom. The van der Waals surface area contributed by atoms with Crippen LogP contribution >= 0.6 is 0 Å². The number of ketones is 2. The van der Waals surface area contributed by atoms with Crippen molar-refractivity contribution >= 4 is 11.6 Å². The van der Waals surface area contributed by atoms with Gasteiger partial charge < -0.3 is 9.84 Å². The molecule has 4 unspecified atom stereocenters. The first kappa shape index (κ1) is 23.5. The van der Waals surface area contributed by atoms with Crippen molar-refractivity contribution in [2.75, 3.05) is 7.11 Å². The molecular formula is C23H36O4. The maximum Gasteiger partial charge on any atom is 0.229 e. The van der Waals surface area contributed by atoms with Gasteiger partial charge in [0.2, 0.25) is 11.6 Å². The Morgan fingerprint density at radius 1 is 0.963 bits per heavy atom. The average Bonchev–Trinajstić information content (AvgIpc) is 2.60. The van der Waals surface area contributed by atoms with E-state index in [1.165, 1.54) is 23.8 Å². The average molecular weight is 377 g/mol. The van der Waals surface area contributed by atoms with Gasteiger partial charge in [0, 0.05) is 13.0 Å². The topological polar surface area (TPSA) is 63.6 Å². The Balaban J connectivity index is 2.55. The maximum atomic E-state index is 12.3. The summed E-state index contributed by atoms with van der Waals surface area (Å²) < 4.78 is 5.00. The SMILES string of the molecule is COC1C(=O)C(=O)C(C/C=C(\C)CCC=C(C)CCC=C(C)C)C(C)C1O. The number of methoxy groups -OCH3 is 1. The second-order valence-corrected chi connectivity index (χ2v) is 8.04. The van der Waals surface area contributed by atoms with Gasteiger partial charge in [0.1, 0.15) is 6.10 Å². The van der Waals surface area contributed by atoms with Crippen molar-refractivity contribution in [3.05, 3.63) is 34.9 Å². The van der Waals surface area contributed by atoms with E-state index < -0.39 is 29.7 Å². The molecule has 0 radical (unpaired) electrons. The first-order chi connectivity index (χ1) is 12.7. The molecule has 4 atom stereocenters. The molecule has 0 aromatic rings. The molecule has 0 spiro atoms. The smallest absolute Gasteiger partial charge is 0.229 e. The summed E-state index contributed by atoms with van der Waals surface area (Å²) >= 11 is 0. The van der Waals surface area contributed by atoms with Crippen LogP contribution in [-0.4, -0.2) is 36.0 Å². The minimum absolute atomic E-state index is 0.290. The Labute approximate surface area is 164 Å². The fourth-order valence-corrected chi connectivity index (χ4v) is 3.47. The highest BCUT2D eigenvalue weighted by molar-refractivity contribution is 6.40. The van der Waals surface area contributed by atoms with E-state index in [1.54, 1.807) is 0 Å². The first-order valence-corrected chi connectivity index (χ1v) is 9.92. The van der Waals surface area contributed by atoms with Crippen LogP contribution in [0.25, 0.3) is 0 Å². The van der Waals surface area contributed by atoms with Gasteiger partial charge in [-0.15, -0.1) is 0 Å². The zero-order valence-corrected chi connectivity index (χ0v) is 17.7. The lowest BCUT2D eigenvalue weighted by Gasteiger charge is -2.35. The zero-order valence-electron chi connectivity index (χ0n) is 17.7. The first-order valence-electron chi connectivity index (χ1n) is 9.92. The number of aliphatic hydroxyl groups is 1. The molecule has 27 heavy (non-hydrogen) atoms. The monoisotopic (exact) mass is 376 g/mol. The van der Waals surface area contributed by atoms with Crippen LogP contribution in [-0.2, 0) is 14.3 Å². The predicted molar refractivity (Wildman–Crippen MR) is 110 cm³/mol. The Kier molecular flexibility index (Phi) is 9.89. The fourth-order valence-electron chi connectivity index (χ4n) is 3.47. The van der Waals surface area contributed by atoms with Gasteiger partial charge in [-0.2, -0.15) is 0 Å². The summed E-state index contributed by atoms with van der Waals surface area (Å²) in [5.74, 6) is -1.77. The van der Waals surface area contributed by atoms with Crippen LogP contribution in [0.5, 0.6) is 0 Å². The quantitative estimate of drug-likeness (QED) is 0.473. The minimum Gasteiger partial charge on any atom is -0.390 e. The fraction of sp³-hybridized carbons (Fsp3) is 0.652. The standard InChI is InChI=1S/C23H36O4/c1-15(2)9-7-10-16(3)11-8-12-17(4)13-14-19-18(5)20(24)23(27-6)22(26)21(19)25/h9,11,13,18-20,23-24H,7-8,10,12,14H2,1-6H3/b16-11?,17-13+. The zero-order chi connectivity index (χ0) is 20.6. The van der Waals surface area contributed by atoms with Crippen LogP contribution in [0.4, 0.5) is 0 Å². The predicted octanol–water partition coefficient (Wildman–Crippen LogP) is 4.58. The van der Waals surface area contributed by atoms with E-state index in [4.69, 9.17) is 4.74 Å². The van der Waals surface area contributed by atoms with E-state index in [2.05, 4.69) is 39.8 Å². The van der Waals surface area contributed by atoms with Crippen molar-refractivity contribution < 1.29 is 19.4 Å². The van der Waals surface area contributed by atoms with E-state index in [0.29, 0.717) is 6.42 Å². The van der Waals surface area contributed by atoms with Crippen molar-refractivity contribution in [3.63, 3.8) is 0 Å². The minimum atomic E-state index is -1.02. The van der Waals surface area contributed by atoms with Crippen LogP contribution in [0.15, 0.2) is 34.9 Å². The summed E-state index contributed by atoms with van der Waals surface area (Å²) in [6.45, 7) is 10.3. The van der Waals surface area contributed by atoms with E-state index in [0.717, 1.165) is 25.7 Å². The second-order valence-electron chi connectivity index (χ2n) is 8.04. The highest BCUT2D eigenvalue weighted by atomic mass is 16.5. The number of hydrogen-bond donors (Lipinski definition) is 1. The molecule has 1 aliphatic carbocycles. The number of aliphatic hydroxyl groups excluding tert-OH is 1. The summed E-state index contributed by atoms with van der Waals surface area (Å²) in [6, 6.07) is 0. The molecular weight excluding hydrogens is 340 g/mol. The number of carbonyl (C=O) groups is 2. The van der Waals surface area contributed by atoms with Crippen LogP contribution in [0.1, 0.15) is 66.7 Å². The molecule has 0 amide bonds. The molecule has 1 saturated carbocycles. The summed E-state index contributed by atoms with van der Waals surface area (Å²) in [5.41, 5.74) is 3.96. The molecule has 152 valence electrons. The Bertz CT molecular complexity index is 608. The maximum absolute atomic E-state index is 12.3. The molecule has 0 aliphatic heterocycles. The molecule has 0 saturated heterocycles. The molecule has 0 aromatic heterocycles. The van der Waals surface area contributed by atoms with Gasteiger partial charge in [-0.1, -0.05) is 41.9 Å². The van der Waals surface area contributed by atoms with Crippen LogP contribution in [0.3, 0.4) is 0 Å². The summed E-state index contributed by atoms with van der Waals surface area (Å²) in [5, 5.41) is 10.2. The van der Waals surface area contributed by atoms with Crippen LogP contribution < -0.4 is 0 Å². The van der Waals surface area contributed by atoms with Gasteiger partial charge in [0.05, 0.1) is 6.10 Å². The number of hydrogen-bond acceptors (Lipinski definition) is 4. The van der Waals surface area contributed by atoms with Crippen molar-refractivity contribution in [2.45, 2.75) is 78.9 Å². The highest BCUT2D eigenvalue weighted by Gasteiger charge is 2.46. The summed E-state index contributed by atoms with van der Waals surface area (Å²) in [4.78, 5) is 24.4. The molecule has 1 N–H and O–H groups in total. The van der Waals surface area contributed by atoms with Crippen LogP contribution in [0, 0.1) is 11.8 Å². The lowest BCUT2D eigenvalue weighted by molar-refractivity contribution is -0.160. The molecule has 4 nitrogen and oxygen atoms in total. The third-order valence-electron chi connectivity index (χ3n) is 5.42. The van der Waals surface area contributed by atoms with E-state index in [-0.39, 0.29) is 5.92 Å². The van der Waals surface area contributed by atoms with Crippen molar-refractivity contribution in [1.82, 2.24) is 0 Å². The molecule has 0 aromatic carbocycles. The Hall–Kier alpha value is -1.52. The van der Waals surface area contributed by atoms with Gasteiger partial charge in [-0.3, -0.25) is 9.59 Å². The second kappa shape index (κ2) is 11.4. The third-order valence-corrected chi connectivity index (χ3v) is 5.42. The lowest BCUT2D eigenvalue weighted by atomic mass is 9.73. The lowest BCUT2D eigenvalue weighted by Crippen LogP contribution is -2.53. The normalized spacial score (nSPS) is 27.1. The van der Waals surface area contributed by atoms with Gasteiger partial charge in [-0.05, 0) is 65.7 Å². The highest BCUT2D eigenvalue weighted by Crippen LogP contribution is 2.30. The molecule has 1 fully saturated rings. The third kappa shape index (κ3) is 7.19. The number of ether oxygens (including phenoxy) is 1. The molecule has 0 bridgehead atoms. The molecule has 4 heteroatoms. The van der Waals surface area contributed by atoms with Gasteiger partial charge in [0.25, 0.3) is 0 Å². The van der Waals surface area contributed by atoms with Crippen molar-refractivity contribution in [3.8, 4) is 0 Å². The number of allylic oxidation sites excluding steroid dienone is 6. The summed E-state index contributed by atoms with van der Waals surface area (Å²) in [7, 11) is 1.35. The Morgan fingerprint density at radius 3 is 2.07 bits per heavy atom. The molecule has 1 aliphatic rings. The van der Waals surface area contributed by atoms with Gasteiger partial charge in [-0.25, -0.2) is 0 Å². The largest absolute Gasteiger partial charge is 0.390 e. The number of Topliss-reactive ketones (excluding diaryl/α,β-unsaturated/α-hetero) is 2. The van der Waals surface area contributed by atoms with Gasteiger partial charge in [0.15, 0.2) is 0 Å². The van der Waals surface area contributed by atoms with Crippen molar-refractivity contribution in [2.24, 2.45) is 11.8 Å².